The molecule has 2 unspecified atom stereocenters. The van der Waals surface area contributed by atoms with Crippen molar-refractivity contribution in [2.24, 2.45) is 0 Å². The summed E-state index contributed by atoms with van der Waals surface area (Å²) in [5.74, 6) is 0. The molecule has 0 aromatic heterocycles. The highest BCUT2D eigenvalue weighted by Gasteiger charge is 2.35. The Balaban J connectivity index is 1.69. The van der Waals surface area contributed by atoms with Crippen LogP contribution in [0.4, 0.5) is 0 Å². The van der Waals surface area contributed by atoms with Crippen LogP contribution in [0.1, 0.15) is 25.0 Å². The van der Waals surface area contributed by atoms with Crippen LogP contribution in [0.15, 0.2) is 59.5 Å². The molecule has 0 bridgehead atoms. The van der Waals surface area contributed by atoms with E-state index in [1.807, 2.05) is 25.1 Å². The summed E-state index contributed by atoms with van der Waals surface area (Å²) in [6, 6.07) is 18.0. The second kappa shape index (κ2) is 7.91. The van der Waals surface area contributed by atoms with Gasteiger partial charge in [0, 0.05) is 31.7 Å². The first-order chi connectivity index (χ1) is 12.4. The highest BCUT2D eigenvalue weighted by Crippen LogP contribution is 2.24. The Morgan fingerprint density at radius 1 is 0.962 bits per heavy atom. The molecule has 26 heavy (non-hydrogen) atoms. The van der Waals surface area contributed by atoms with Gasteiger partial charge in [0.25, 0.3) is 0 Å². The van der Waals surface area contributed by atoms with Crippen LogP contribution >= 0.6 is 0 Å². The second-order valence-electron chi connectivity index (χ2n) is 7.31. The molecule has 1 fully saturated rings. The molecule has 3 rings (SSSR count). The quantitative estimate of drug-likeness (QED) is 0.808. The average Bonchev–Trinajstić information content (AvgIpc) is 2.61. The van der Waals surface area contributed by atoms with E-state index in [0.717, 1.165) is 18.5 Å². The van der Waals surface area contributed by atoms with Gasteiger partial charge in [-0.15, -0.1) is 0 Å². The van der Waals surface area contributed by atoms with Crippen LogP contribution in [0.25, 0.3) is 0 Å². The number of piperazine rings is 1. The molecule has 4 nitrogen and oxygen atoms in total. The lowest BCUT2D eigenvalue weighted by Gasteiger charge is -2.43. The number of sulfonamides is 1. The van der Waals surface area contributed by atoms with Gasteiger partial charge < -0.3 is 0 Å². The minimum absolute atomic E-state index is 0.196. The summed E-state index contributed by atoms with van der Waals surface area (Å²) in [7, 11) is -3.43. The monoisotopic (exact) mass is 372 g/mol. The van der Waals surface area contributed by atoms with E-state index < -0.39 is 10.0 Å². The van der Waals surface area contributed by atoms with Gasteiger partial charge in [-0.25, -0.2) is 8.42 Å². The molecule has 0 N–H and O–H groups in total. The van der Waals surface area contributed by atoms with E-state index >= 15 is 0 Å². The summed E-state index contributed by atoms with van der Waals surface area (Å²) in [6.07, 6.45) is 0.986. The molecule has 1 saturated heterocycles. The van der Waals surface area contributed by atoms with Gasteiger partial charge in [-0.2, -0.15) is 4.31 Å². The highest BCUT2D eigenvalue weighted by atomic mass is 32.2. The molecule has 0 spiro atoms. The summed E-state index contributed by atoms with van der Waals surface area (Å²) >= 11 is 0. The Bertz CT molecular complexity index is 824. The fraction of sp³-hybridized carbons (Fsp3) is 0.429. The number of hydrogen-bond acceptors (Lipinski definition) is 3. The van der Waals surface area contributed by atoms with E-state index in [4.69, 9.17) is 0 Å². The lowest BCUT2D eigenvalue weighted by atomic mass is 10.1. The Labute approximate surface area is 157 Å². The number of hydrogen-bond donors (Lipinski definition) is 0. The third-order valence-electron chi connectivity index (χ3n) is 5.20. The summed E-state index contributed by atoms with van der Waals surface area (Å²) < 4.78 is 27.7. The lowest BCUT2D eigenvalue weighted by molar-refractivity contribution is 0.0784. The molecule has 140 valence electrons. The van der Waals surface area contributed by atoms with E-state index in [2.05, 4.69) is 43.0 Å². The molecule has 5 heteroatoms. The Morgan fingerprint density at radius 3 is 2.23 bits per heavy atom. The molecule has 0 radical (unpaired) electrons. The fourth-order valence-electron chi connectivity index (χ4n) is 3.77. The molecule has 1 aliphatic rings. The predicted octanol–water partition coefficient (Wildman–Crippen LogP) is 3.32. The Morgan fingerprint density at radius 2 is 1.62 bits per heavy atom. The molecular formula is C21H28N2O2S. The Kier molecular flexibility index (Phi) is 5.80. The van der Waals surface area contributed by atoms with Gasteiger partial charge in [-0.3, -0.25) is 4.90 Å². The molecule has 1 aliphatic heterocycles. The summed E-state index contributed by atoms with van der Waals surface area (Å²) in [5.41, 5.74) is 2.29. The standard InChI is InChI=1S/C21H28N2O2S/c1-17-8-7-11-21(14-17)26(24,25)22-15-18(2)23(19(3)16-22)13-12-20-9-5-4-6-10-20/h4-11,14,18-19H,12-13,15-16H2,1-3H3. The van der Waals surface area contributed by atoms with Gasteiger partial charge in [-0.1, -0.05) is 42.5 Å². The van der Waals surface area contributed by atoms with Crippen molar-refractivity contribution >= 4 is 10.0 Å². The molecular weight excluding hydrogens is 344 g/mol. The smallest absolute Gasteiger partial charge is 0.243 e. The first-order valence-corrected chi connectivity index (χ1v) is 10.7. The number of rotatable bonds is 5. The maximum atomic E-state index is 13.0. The van der Waals surface area contributed by atoms with Gasteiger partial charge in [0.1, 0.15) is 0 Å². The third kappa shape index (κ3) is 4.17. The van der Waals surface area contributed by atoms with E-state index in [9.17, 15) is 8.42 Å². The zero-order chi connectivity index (χ0) is 18.7. The van der Waals surface area contributed by atoms with Gasteiger partial charge in [-0.05, 0) is 50.5 Å². The molecule has 0 amide bonds. The van der Waals surface area contributed by atoms with Crippen molar-refractivity contribution < 1.29 is 8.42 Å². The number of benzene rings is 2. The Hall–Kier alpha value is -1.69. The van der Waals surface area contributed by atoms with Gasteiger partial charge >= 0.3 is 0 Å². The lowest BCUT2D eigenvalue weighted by Crippen LogP contribution is -2.58. The zero-order valence-corrected chi connectivity index (χ0v) is 16.6. The molecule has 2 aromatic rings. The van der Waals surface area contributed by atoms with Crippen molar-refractivity contribution in [1.29, 1.82) is 0 Å². The molecule has 2 aromatic carbocycles. The van der Waals surface area contributed by atoms with E-state index in [1.165, 1.54) is 5.56 Å². The van der Waals surface area contributed by atoms with Gasteiger partial charge in [0.15, 0.2) is 0 Å². The molecule has 0 aliphatic carbocycles. The maximum Gasteiger partial charge on any atom is 0.243 e. The van der Waals surface area contributed by atoms with Crippen molar-refractivity contribution in [3.05, 3.63) is 65.7 Å². The first-order valence-electron chi connectivity index (χ1n) is 9.24. The summed E-state index contributed by atoms with van der Waals surface area (Å²) in [4.78, 5) is 2.82. The highest BCUT2D eigenvalue weighted by molar-refractivity contribution is 7.89. The topological polar surface area (TPSA) is 40.6 Å². The van der Waals surface area contributed by atoms with Crippen LogP contribution in [-0.4, -0.2) is 49.3 Å². The van der Waals surface area contributed by atoms with E-state index in [-0.39, 0.29) is 12.1 Å². The van der Waals surface area contributed by atoms with Crippen LogP contribution in [0.3, 0.4) is 0 Å². The first kappa shape index (κ1) is 19.1. The molecule has 1 heterocycles. The minimum Gasteiger partial charge on any atom is -0.295 e. The van der Waals surface area contributed by atoms with E-state index in [1.54, 1.807) is 16.4 Å². The average molecular weight is 373 g/mol. The fourth-order valence-corrected chi connectivity index (χ4v) is 5.48. The third-order valence-corrected chi connectivity index (χ3v) is 7.02. The van der Waals surface area contributed by atoms with Crippen molar-refractivity contribution in [1.82, 2.24) is 9.21 Å². The van der Waals surface area contributed by atoms with Gasteiger partial charge in [0.05, 0.1) is 4.90 Å². The van der Waals surface area contributed by atoms with Crippen LogP contribution in [0.2, 0.25) is 0 Å². The molecule has 0 saturated carbocycles. The predicted molar refractivity (Wildman–Crippen MR) is 106 cm³/mol. The van der Waals surface area contributed by atoms with Crippen LogP contribution in [-0.2, 0) is 16.4 Å². The number of nitrogens with zero attached hydrogens (tertiary/aromatic N) is 2. The van der Waals surface area contributed by atoms with Crippen molar-refractivity contribution in [3.8, 4) is 0 Å². The van der Waals surface area contributed by atoms with E-state index in [0.29, 0.717) is 18.0 Å². The van der Waals surface area contributed by atoms with Crippen molar-refractivity contribution in [2.45, 2.75) is 44.2 Å². The van der Waals surface area contributed by atoms with Gasteiger partial charge in [0.2, 0.25) is 10.0 Å². The SMILES string of the molecule is Cc1cccc(S(=O)(=O)N2CC(C)N(CCc3ccccc3)C(C)C2)c1. The minimum atomic E-state index is -3.43. The largest absolute Gasteiger partial charge is 0.295 e. The summed E-state index contributed by atoms with van der Waals surface area (Å²) in [5, 5.41) is 0. The van der Waals surface area contributed by atoms with Crippen LogP contribution in [0.5, 0.6) is 0 Å². The second-order valence-corrected chi connectivity index (χ2v) is 9.25. The van der Waals surface area contributed by atoms with Crippen molar-refractivity contribution in [3.63, 3.8) is 0 Å². The zero-order valence-electron chi connectivity index (χ0n) is 15.8. The normalized spacial score (nSPS) is 22.4. The van der Waals surface area contributed by atoms with Crippen molar-refractivity contribution in [2.75, 3.05) is 19.6 Å². The van der Waals surface area contributed by atoms with Crippen LogP contribution in [0, 0.1) is 6.92 Å². The summed E-state index contributed by atoms with van der Waals surface area (Å²) in [6.45, 7) is 8.19. The maximum absolute atomic E-state index is 13.0. The molecule has 2 atom stereocenters. The van der Waals surface area contributed by atoms with Crippen LogP contribution < -0.4 is 0 Å². The number of aryl methyl sites for hydroxylation is 1.